The number of amides is 1. The Balaban J connectivity index is 2.49. The van der Waals surface area contributed by atoms with Gasteiger partial charge in [0.1, 0.15) is 0 Å². The molecular formula is C15H23N5O3. The van der Waals surface area contributed by atoms with Crippen LogP contribution in [0.15, 0.2) is 35.3 Å². The molecule has 0 radical (unpaired) electrons. The number of guanidine groups is 1. The number of aliphatic imine (C=N–C) groups is 1. The molecule has 1 amide bonds. The minimum absolute atomic E-state index is 0.0380. The molecular weight excluding hydrogens is 298 g/mol. The lowest BCUT2D eigenvalue weighted by molar-refractivity contribution is -0.146. The Labute approximate surface area is 134 Å². The minimum Gasteiger partial charge on any atom is -0.481 e. The predicted octanol–water partition coefficient (Wildman–Crippen LogP) is 0.0334. The van der Waals surface area contributed by atoms with Crippen molar-refractivity contribution < 1.29 is 14.7 Å². The molecule has 0 aliphatic heterocycles. The van der Waals surface area contributed by atoms with Crippen molar-refractivity contribution in [1.29, 1.82) is 0 Å². The third-order valence-electron chi connectivity index (χ3n) is 3.29. The smallest absolute Gasteiger partial charge is 0.307 e. The Bertz CT molecular complexity index is 543. The van der Waals surface area contributed by atoms with E-state index in [1.807, 2.05) is 30.3 Å². The number of hydrogen-bond donors (Lipinski definition) is 4. The maximum absolute atomic E-state index is 12.1. The van der Waals surface area contributed by atoms with Crippen LogP contribution in [0.1, 0.15) is 24.8 Å². The fourth-order valence-corrected chi connectivity index (χ4v) is 2.06. The van der Waals surface area contributed by atoms with Crippen molar-refractivity contribution >= 4 is 17.8 Å². The van der Waals surface area contributed by atoms with E-state index in [4.69, 9.17) is 17.3 Å². The van der Waals surface area contributed by atoms with E-state index in [9.17, 15) is 14.7 Å². The van der Waals surface area contributed by atoms with E-state index in [0.29, 0.717) is 19.4 Å². The van der Waals surface area contributed by atoms with E-state index in [2.05, 4.69) is 4.99 Å². The maximum Gasteiger partial charge on any atom is 0.307 e. The van der Waals surface area contributed by atoms with Crippen LogP contribution in [0, 0.1) is 5.92 Å². The van der Waals surface area contributed by atoms with Crippen LogP contribution >= 0.6 is 0 Å². The first-order chi connectivity index (χ1) is 10.9. The highest BCUT2D eigenvalue weighted by Crippen LogP contribution is 2.14. The van der Waals surface area contributed by atoms with E-state index < -0.39 is 17.8 Å². The van der Waals surface area contributed by atoms with Crippen LogP contribution in [0.3, 0.4) is 0 Å². The third kappa shape index (κ3) is 7.28. The summed E-state index contributed by atoms with van der Waals surface area (Å²) < 4.78 is 0. The Hall–Kier alpha value is -2.61. The number of hydrazine groups is 1. The molecule has 8 heteroatoms. The first-order valence-electron chi connectivity index (χ1n) is 7.27. The van der Waals surface area contributed by atoms with Gasteiger partial charge in [-0.05, 0) is 18.4 Å². The zero-order valence-corrected chi connectivity index (χ0v) is 12.9. The molecule has 23 heavy (non-hydrogen) atoms. The van der Waals surface area contributed by atoms with Gasteiger partial charge in [0.25, 0.3) is 0 Å². The quantitative estimate of drug-likeness (QED) is 0.126. The van der Waals surface area contributed by atoms with Crippen LogP contribution in [0.4, 0.5) is 0 Å². The molecule has 0 aliphatic carbocycles. The number of aliphatic carboxylic acids is 1. The lowest BCUT2D eigenvalue weighted by Crippen LogP contribution is -2.38. The van der Waals surface area contributed by atoms with Crippen LogP contribution in [0.25, 0.3) is 0 Å². The van der Waals surface area contributed by atoms with E-state index >= 15 is 0 Å². The monoisotopic (exact) mass is 321 g/mol. The van der Waals surface area contributed by atoms with Gasteiger partial charge in [0.15, 0.2) is 5.96 Å². The molecule has 0 unspecified atom stereocenters. The number of carbonyl (C=O) groups excluding carboxylic acids is 1. The topological polar surface area (TPSA) is 148 Å². The Morgan fingerprint density at radius 2 is 1.87 bits per heavy atom. The van der Waals surface area contributed by atoms with Crippen molar-refractivity contribution in [3.05, 3.63) is 35.9 Å². The SMILES string of the molecule is NC(N)=NCCC[C@@H](CC(=O)N(N)Cc1ccccc1)C(=O)O. The van der Waals surface area contributed by atoms with Crippen molar-refractivity contribution in [1.82, 2.24) is 5.01 Å². The number of benzene rings is 1. The van der Waals surface area contributed by atoms with E-state index in [1.165, 1.54) is 0 Å². The van der Waals surface area contributed by atoms with Gasteiger partial charge in [0.05, 0.1) is 12.5 Å². The van der Waals surface area contributed by atoms with Crippen LogP contribution in [0.5, 0.6) is 0 Å². The minimum atomic E-state index is -1.03. The molecule has 0 bridgehead atoms. The van der Waals surface area contributed by atoms with Gasteiger partial charge in [-0.25, -0.2) is 5.84 Å². The number of rotatable bonds is 9. The molecule has 1 atom stereocenters. The van der Waals surface area contributed by atoms with Gasteiger partial charge >= 0.3 is 5.97 Å². The van der Waals surface area contributed by atoms with E-state index in [1.54, 1.807) is 0 Å². The number of carboxylic acids is 1. The van der Waals surface area contributed by atoms with Gasteiger partial charge in [-0.3, -0.25) is 19.6 Å². The zero-order valence-electron chi connectivity index (χ0n) is 12.9. The van der Waals surface area contributed by atoms with Crippen molar-refractivity contribution in [2.45, 2.75) is 25.8 Å². The molecule has 0 aliphatic rings. The second kappa shape index (κ2) is 9.42. The molecule has 0 fully saturated rings. The maximum atomic E-state index is 12.1. The zero-order chi connectivity index (χ0) is 17.2. The van der Waals surface area contributed by atoms with E-state index in [-0.39, 0.29) is 18.9 Å². The lowest BCUT2D eigenvalue weighted by atomic mass is 9.99. The van der Waals surface area contributed by atoms with Crippen molar-refractivity contribution in [2.24, 2.45) is 28.2 Å². The number of nitrogens with two attached hydrogens (primary N) is 3. The molecule has 1 rings (SSSR count). The molecule has 0 saturated carbocycles. The molecule has 7 N–H and O–H groups in total. The Kier molecular flexibility index (Phi) is 7.55. The molecule has 8 nitrogen and oxygen atoms in total. The van der Waals surface area contributed by atoms with Gasteiger partial charge < -0.3 is 16.6 Å². The summed E-state index contributed by atoms with van der Waals surface area (Å²) in [6, 6.07) is 9.24. The second-order valence-corrected chi connectivity index (χ2v) is 5.20. The summed E-state index contributed by atoms with van der Waals surface area (Å²) in [6.07, 6.45) is 0.628. The molecule has 1 aromatic carbocycles. The summed E-state index contributed by atoms with van der Waals surface area (Å²) in [5, 5.41) is 10.2. The van der Waals surface area contributed by atoms with Gasteiger partial charge in [0.2, 0.25) is 5.91 Å². The van der Waals surface area contributed by atoms with Gasteiger partial charge in [-0.15, -0.1) is 0 Å². The largest absolute Gasteiger partial charge is 0.481 e. The number of carbonyl (C=O) groups is 2. The van der Waals surface area contributed by atoms with Crippen molar-refractivity contribution in [2.75, 3.05) is 6.54 Å². The second-order valence-electron chi connectivity index (χ2n) is 5.20. The molecule has 0 heterocycles. The Morgan fingerprint density at radius 3 is 2.43 bits per heavy atom. The highest BCUT2D eigenvalue weighted by atomic mass is 16.4. The van der Waals surface area contributed by atoms with Crippen LogP contribution in [0.2, 0.25) is 0 Å². The van der Waals surface area contributed by atoms with Gasteiger partial charge in [-0.2, -0.15) is 0 Å². The average Bonchev–Trinajstić information content (AvgIpc) is 2.50. The van der Waals surface area contributed by atoms with Gasteiger partial charge in [-0.1, -0.05) is 30.3 Å². The van der Waals surface area contributed by atoms with E-state index in [0.717, 1.165) is 10.6 Å². The third-order valence-corrected chi connectivity index (χ3v) is 3.29. The van der Waals surface area contributed by atoms with Gasteiger partial charge in [0, 0.05) is 13.0 Å². The highest BCUT2D eigenvalue weighted by Gasteiger charge is 2.23. The number of hydrogen-bond acceptors (Lipinski definition) is 4. The molecule has 0 spiro atoms. The first kappa shape index (κ1) is 18.4. The average molecular weight is 321 g/mol. The number of nitrogens with zero attached hydrogens (tertiary/aromatic N) is 2. The molecule has 0 saturated heterocycles. The van der Waals surface area contributed by atoms with Crippen LogP contribution in [-0.2, 0) is 16.1 Å². The fraction of sp³-hybridized carbons (Fsp3) is 0.400. The van der Waals surface area contributed by atoms with Crippen LogP contribution in [-0.4, -0.2) is 34.5 Å². The summed E-state index contributed by atoms with van der Waals surface area (Å²) in [5.41, 5.74) is 11.3. The number of carboxylic acid groups (broad SMARTS) is 1. The molecule has 0 aromatic heterocycles. The fourth-order valence-electron chi connectivity index (χ4n) is 2.06. The van der Waals surface area contributed by atoms with Crippen molar-refractivity contribution in [3.8, 4) is 0 Å². The summed E-state index contributed by atoms with van der Waals surface area (Å²) in [7, 11) is 0. The summed E-state index contributed by atoms with van der Waals surface area (Å²) >= 11 is 0. The Morgan fingerprint density at radius 1 is 1.22 bits per heavy atom. The van der Waals surface area contributed by atoms with Crippen LogP contribution < -0.4 is 17.3 Å². The standard InChI is InChI=1S/C15H23N5O3/c16-15(17)19-8-4-7-12(14(22)23)9-13(21)20(18)10-11-5-2-1-3-6-11/h1-3,5-6,12H,4,7-10,18H2,(H,22,23)(H4,16,17,19)/t12-/m0/s1. The summed E-state index contributed by atoms with van der Waals surface area (Å²) in [5.74, 6) is 3.44. The predicted molar refractivity (Wildman–Crippen MR) is 86.8 cm³/mol. The summed E-state index contributed by atoms with van der Waals surface area (Å²) in [4.78, 5) is 27.1. The first-order valence-corrected chi connectivity index (χ1v) is 7.27. The van der Waals surface area contributed by atoms with Crippen molar-refractivity contribution in [3.63, 3.8) is 0 Å². The normalized spacial score (nSPS) is 11.5. The molecule has 126 valence electrons. The summed E-state index contributed by atoms with van der Waals surface area (Å²) in [6.45, 7) is 0.566. The molecule has 1 aromatic rings. The highest BCUT2D eigenvalue weighted by molar-refractivity contribution is 5.82. The lowest BCUT2D eigenvalue weighted by Gasteiger charge is -2.19.